The number of ketones is 1. The van der Waals surface area contributed by atoms with Crippen LogP contribution in [-0.4, -0.2) is 11.7 Å². The van der Waals surface area contributed by atoms with Crippen LogP contribution in [0.15, 0.2) is 48.5 Å². The molecule has 0 saturated heterocycles. The summed E-state index contributed by atoms with van der Waals surface area (Å²) in [7, 11) is 0. The molecular formula is C18H18ClNO2. The summed E-state index contributed by atoms with van der Waals surface area (Å²) in [5, 5.41) is 3.28. The van der Waals surface area contributed by atoms with E-state index in [1.165, 1.54) is 0 Å². The molecule has 0 aliphatic rings. The van der Waals surface area contributed by atoms with Crippen molar-refractivity contribution in [3.05, 3.63) is 64.7 Å². The number of anilines is 1. The molecule has 0 radical (unpaired) electrons. The molecule has 0 aliphatic heterocycles. The highest BCUT2D eigenvalue weighted by Crippen LogP contribution is 2.24. The monoisotopic (exact) mass is 315 g/mol. The Balaban J connectivity index is 2.36. The third-order valence-corrected chi connectivity index (χ3v) is 3.82. The summed E-state index contributed by atoms with van der Waals surface area (Å²) in [5.74, 6) is -0.384. The number of nitrogens with one attached hydrogen (secondary N) is 1. The van der Waals surface area contributed by atoms with Gasteiger partial charge in [0, 0.05) is 22.1 Å². The fourth-order valence-electron chi connectivity index (χ4n) is 2.00. The summed E-state index contributed by atoms with van der Waals surface area (Å²) < 4.78 is 0. The van der Waals surface area contributed by atoms with Crippen LogP contribution in [0.5, 0.6) is 0 Å². The maximum absolute atomic E-state index is 12.6. The number of carbonyl (C=O) groups is 2. The number of amides is 1. The third kappa shape index (κ3) is 3.74. The summed E-state index contributed by atoms with van der Waals surface area (Å²) >= 11 is 6.01. The van der Waals surface area contributed by atoms with Gasteiger partial charge in [-0.25, -0.2) is 0 Å². The van der Waals surface area contributed by atoms with Crippen LogP contribution in [-0.2, 0) is 4.79 Å². The highest BCUT2D eigenvalue weighted by atomic mass is 35.5. The molecule has 2 aromatic rings. The van der Waals surface area contributed by atoms with Gasteiger partial charge in [0.25, 0.3) is 0 Å². The number of rotatable bonds is 5. The molecule has 0 spiro atoms. The van der Waals surface area contributed by atoms with Crippen molar-refractivity contribution in [1.82, 2.24) is 0 Å². The normalized spacial score (nSPS) is 11.8. The Morgan fingerprint density at radius 1 is 1.14 bits per heavy atom. The molecule has 22 heavy (non-hydrogen) atoms. The van der Waals surface area contributed by atoms with Crippen molar-refractivity contribution in [2.45, 2.75) is 20.3 Å². The number of hydrogen-bond donors (Lipinski definition) is 1. The van der Waals surface area contributed by atoms with E-state index in [1.807, 2.05) is 19.9 Å². The number of carbonyl (C=O) groups excluding carboxylic acids is 2. The highest BCUT2D eigenvalue weighted by molar-refractivity contribution is 6.31. The molecule has 1 atom stereocenters. The molecule has 0 saturated carbocycles. The third-order valence-electron chi connectivity index (χ3n) is 3.58. The molecule has 114 valence electrons. The minimum Gasteiger partial charge on any atom is -0.325 e. The van der Waals surface area contributed by atoms with Crippen molar-refractivity contribution in [2.24, 2.45) is 5.92 Å². The van der Waals surface area contributed by atoms with Crippen LogP contribution in [0.3, 0.4) is 0 Å². The van der Waals surface area contributed by atoms with E-state index in [9.17, 15) is 9.59 Å². The average molecular weight is 316 g/mol. The first-order valence-electron chi connectivity index (χ1n) is 7.23. The summed E-state index contributed by atoms with van der Waals surface area (Å²) in [6, 6.07) is 13.8. The van der Waals surface area contributed by atoms with Crippen LogP contribution in [0.4, 0.5) is 5.69 Å². The van der Waals surface area contributed by atoms with Gasteiger partial charge in [-0.05, 0) is 24.6 Å². The maximum atomic E-state index is 12.6. The van der Waals surface area contributed by atoms with E-state index in [-0.39, 0.29) is 17.6 Å². The second-order valence-corrected chi connectivity index (χ2v) is 5.62. The van der Waals surface area contributed by atoms with Crippen molar-refractivity contribution in [1.29, 1.82) is 0 Å². The van der Waals surface area contributed by atoms with E-state index in [1.54, 1.807) is 42.5 Å². The minimum atomic E-state index is -0.164. The summed E-state index contributed by atoms with van der Waals surface area (Å²) in [4.78, 5) is 24.7. The van der Waals surface area contributed by atoms with Crippen molar-refractivity contribution >= 4 is 29.0 Å². The van der Waals surface area contributed by atoms with Gasteiger partial charge in [-0.2, -0.15) is 0 Å². The van der Waals surface area contributed by atoms with Crippen LogP contribution in [0, 0.1) is 5.92 Å². The molecule has 3 nitrogen and oxygen atoms in total. The van der Waals surface area contributed by atoms with Crippen LogP contribution in [0.2, 0.25) is 5.02 Å². The predicted octanol–water partition coefficient (Wildman–Crippen LogP) is 4.56. The Morgan fingerprint density at radius 3 is 2.45 bits per heavy atom. The number of benzene rings is 2. The molecule has 0 aromatic heterocycles. The van der Waals surface area contributed by atoms with Gasteiger partial charge in [0.05, 0.1) is 5.69 Å². The van der Waals surface area contributed by atoms with Crippen molar-refractivity contribution in [3.8, 4) is 0 Å². The lowest BCUT2D eigenvalue weighted by molar-refractivity contribution is -0.119. The zero-order valence-electron chi connectivity index (χ0n) is 12.6. The Morgan fingerprint density at radius 2 is 1.82 bits per heavy atom. The molecule has 0 fully saturated rings. The van der Waals surface area contributed by atoms with Gasteiger partial charge in [0.15, 0.2) is 5.78 Å². The van der Waals surface area contributed by atoms with E-state index < -0.39 is 0 Å². The van der Waals surface area contributed by atoms with Gasteiger partial charge in [0.1, 0.15) is 0 Å². The van der Waals surface area contributed by atoms with E-state index in [0.717, 1.165) is 6.42 Å². The molecule has 1 N–H and O–H groups in total. The van der Waals surface area contributed by atoms with Gasteiger partial charge in [-0.3, -0.25) is 9.59 Å². The lowest BCUT2D eigenvalue weighted by Crippen LogP contribution is -2.21. The van der Waals surface area contributed by atoms with Gasteiger partial charge < -0.3 is 5.32 Å². The number of hydrogen-bond acceptors (Lipinski definition) is 2. The van der Waals surface area contributed by atoms with Crippen molar-refractivity contribution < 1.29 is 9.59 Å². The zero-order chi connectivity index (χ0) is 16.1. The van der Waals surface area contributed by atoms with Crippen molar-refractivity contribution in [3.63, 3.8) is 0 Å². The smallest absolute Gasteiger partial charge is 0.227 e. The lowest BCUT2D eigenvalue weighted by Gasteiger charge is -2.14. The second-order valence-electron chi connectivity index (χ2n) is 5.18. The van der Waals surface area contributed by atoms with Crippen LogP contribution < -0.4 is 5.32 Å². The number of halogens is 1. The van der Waals surface area contributed by atoms with Crippen LogP contribution in [0.25, 0.3) is 0 Å². The lowest BCUT2D eigenvalue weighted by atomic mass is 10.0. The molecule has 0 heterocycles. The van der Waals surface area contributed by atoms with Crippen LogP contribution in [0.1, 0.15) is 36.2 Å². The zero-order valence-corrected chi connectivity index (χ0v) is 13.4. The largest absolute Gasteiger partial charge is 0.325 e. The maximum Gasteiger partial charge on any atom is 0.227 e. The predicted molar refractivity (Wildman–Crippen MR) is 89.4 cm³/mol. The van der Waals surface area contributed by atoms with Gasteiger partial charge in [0.2, 0.25) is 5.91 Å². The molecular weight excluding hydrogens is 298 g/mol. The Bertz CT molecular complexity index is 683. The summed E-state index contributed by atoms with van der Waals surface area (Å²) in [5.41, 5.74) is 1.45. The quantitative estimate of drug-likeness (QED) is 0.822. The molecule has 2 aromatic carbocycles. The first-order chi connectivity index (χ1) is 10.5. The topological polar surface area (TPSA) is 46.2 Å². The first kappa shape index (κ1) is 16.2. The molecule has 2 rings (SSSR count). The van der Waals surface area contributed by atoms with Crippen molar-refractivity contribution in [2.75, 3.05) is 5.32 Å². The van der Waals surface area contributed by atoms with Crippen LogP contribution >= 0.6 is 11.6 Å². The first-order valence-corrected chi connectivity index (χ1v) is 7.61. The molecule has 4 heteroatoms. The van der Waals surface area contributed by atoms with Gasteiger partial charge in [-0.1, -0.05) is 55.8 Å². The highest BCUT2D eigenvalue weighted by Gasteiger charge is 2.17. The molecule has 0 aliphatic carbocycles. The van der Waals surface area contributed by atoms with E-state index in [0.29, 0.717) is 21.8 Å². The fourth-order valence-corrected chi connectivity index (χ4v) is 2.17. The minimum absolute atomic E-state index is 0.105. The van der Waals surface area contributed by atoms with E-state index in [2.05, 4.69) is 5.32 Å². The fraction of sp³-hybridized carbons (Fsp3) is 0.222. The van der Waals surface area contributed by atoms with E-state index >= 15 is 0 Å². The SMILES string of the molecule is CC[C@@H](C)C(=O)Nc1ccc(Cl)cc1C(=O)c1ccccc1. The van der Waals surface area contributed by atoms with E-state index in [4.69, 9.17) is 11.6 Å². The molecule has 0 unspecified atom stereocenters. The van der Waals surface area contributed by atoms with Gasteiger partial charge >= 0.3 is 0 Å². The van der Waals surface area contributed by atoms with Gasteiger partial charge in [-0.15, -0.1) is 0 Å². The Kier molecular flexibility index (Phi) is 5.34. The summed E-state index contributed by atoms with van der Waals surface area (Å²) in [6.45, 7) is 3.80. The Labute approximate surface area is 135 Å². The summed E-state index contributed by atoms with van der Waals surface area (Å²) in [6.07, 6.45) is 0.737. The standard InChI is InChI=1S/C18H18ClNO2/c1-3-12(2)18(22)20-16-10-9-14(19)11-15(16)17(21)13-7-5-4-6-8-13/h4-12H,3H2,1-2H3,(H,20,22)/t12-/m1/s1. The average Bonchev–Trinajstić information content (AvgIpc) is 2.55. The molecule has 1 amide bonds. The second kappa shape index (κ2) is 7.23. The molecule has 0 bridgehead atoms. The Hall–Kier alpha value is -2.13.